The van der Waals surface area contributed by atoms with Gasteiger partial charge in [0.25, 0.3) is 0 Å². The normalized spacial score (nSPS) is 17.5. The quantitative estimate of drug-likeness (QED) is 0.871. The van der Waals surface area contributed by atoms with Crippen molar-refractivity contribution in [1.82, 2.24) is 10.3 Å². The predicted molar refractivity (Wildman–Crippen MR) is 81.9 cm³/mol. The third-order valence-electron chi connectivity index (χ3n) is 3.83. The fourth-order valence-corrected chi connectivity index (χ4v) is 2.65. The number of nitrogens with two attached hydrogens (primary N) is 1. The van der Waals surface area contributed by atoms with Gasteiger partial charge < -0.3 is 15.8 Å². The molecule has 0 aliphatic heterocycles. The Labute approximate surface area is 126 Å². The maximum Gasteiger partial charge on any atom is 0.240 e. The number of pyridine rings is 1. The highest BCUT2D eigenvalue weighted by atomic mass is 16.5. The van der Waals surface area contributed by atoms with Crippen LogP contribution in [0.2, 0.25) is 0 Å². The summed E-state index contributed by atoms with van der Waals surface area (Å²) in [6.45, 7) is 4.30. The van der Waals surface area contributed by atoms with E-state index in [1.807, 2.05) is 26.0 Å². The molecule has 5 heteroatoms. The third kappa shape index (κ3) is 4.17. The van der Waals surface area contributed by atoms with E-state index in [1.54, 1.807) is 6.20 Å². The summed E-state index contributed by atoms with van der Waals surface area (Å²) in [5.41, 5.74) is 6.39. The smallest absolute Gasteiger partial charge is 0.240 e. The van der Waals surface area contributed by atoms with Gasteiger partial charge >= 0.3 is 0 Å². The van der Waals surface area contributed by atoms with Gasteiger partial charge in [0, 0.05) is 18.3 Å². The van der Waals surface area contributed by atoms with E-state index in [-0.39, 0.29) is 12.0 Å². The average molecular weight is 291 g/mol. The molecule has 5 nitrogen and oxygen atoms in total. The first-order chi connectivity index (χ1) is 10.0. The summed E-state index contributed by atoms with van der Waals surface area (Å²) in [6.07, 6.45) is 6.49. The zero-order valence-electron chi connectivity index (χ0n) is 12.9. The van der Waals surface area contributed by atoms with Crippen LogP contribution < -0.4 is 15.8 Å². The molecule has 1 heterocycles. The minimum atomic E-state index is -0.709. The van der Waals surface area contributed by atoms with Gasteiger partial charge in [-0.2, -0.15) is 0 Å². The monoisotopic (exact) mass is 291 g/mol. The summed E-state index contributed by atoms with van der Waals surface area (Å²) in [7, 11) is 0. The lowest BCUT2D eigenvalue weighted by Gasteiger charge is -2.31. The molecular weight excluding hydrogens is 266 g/mol. The van der Waals surface area contributed by atoms with E-state index in [0.717, 1.165) is 31.2 Å². The molecular formula is C16H25N3O2. The van der Waals surface area contributed by atoms with E-state index in [4.69, 9.17) is 10.5 Å². The van der Waals surface area contributed by atoms with Crippen LogP contribution >= 0.6 is 0 Å². The minimum Gasteiger partial charge on any atom is -0.475 e. The molecule has 1 saturated carbocycles. The summed E-state index contributed by atoms with van der Waals surface area (Å²) < 4.78 is 5.65. The highest BCUT2D eigenvalue weighted by Gasteiger charge is 2.35. The Hall–Kier alpha value is -1.62. The molecule has 1 aromatic rings. The first-order valence-electron chi connectivity index (χ1n) is 7.69. The predicted octanol–water partition coefficient (Wildman–Crippen LogP) is 2.15. The summed E-state index contributed by atoms with van der Waals surface area (Å²) in [5, 5.41) is 2.94. The second kappa shape index (κ2) is 6.89. The molecule has 1 amide bonds. The molecule has 0 bridgehead atoms. The fourth-order valence-electron chi connectivity index (χ4n) is 2.65. The number of nitrogens with zero attached hydrogens (tertiary/aromatic N) is 1. The van der Waals surface area contributed by atoms with E-state index in [2.05, 4.69) is 10.3 Å². The van der Waals surface area contributed by atoms with E-state index < -0.39 is 5.54 Å². The standard InChI is InChI=1S/C16H25N3O2/c1-12(2)21-14-13(7-6-10-18-14)11-19-15(20)16(17)8-4-3-5-9-16/h6-7,10,12H,3-5,8-9,11,17H2,1-2H3,(H,19,20). The van der Waals surface area contributed by atoms with E-state index in [1.165, 1.54) is 6.42 Å². The number of carbonyl (C=O) groups is 1. The SMILES string of the molecule is CC(C)Oc1ncccc1CNC(=O)C1(N)CCCCC1. The van der Waals surface area contributed by atoms with Crippen molar-refractivity contribution < 1.29 is 9.53 Å². The van der Waals surface area contributed by atoms with Crippen LogP contribution in [-0.4, -0.2) is 22.5 Å². The van der Waals surface area contributed by atoms with Crippen molar-refractivity contribution in [2.75, 3.05) is 0 Å². The van der Waals surface area contributed by atoms with Gasteiger partial charge in [0.1, 0.15) is 0 Å². The van der Waals surface area contributed by atoms with Crippen molar-refractivity contribution in [3.05, 3.63) is 23.9 Å². The number of ether oxygens (including phenoxy) is 1. The molecule has 0 unspecified atom stereocenters. The molecule has 1 fully saturated rings. The van der Waals surface area contributed by atoms with Crippen LogP contribution in [0.25, 0.3) is 0 Å². The lowest BCUT2D eigenvalue weighted by Crippen LogP contribution is -2.54. The first kappa shape index (κ1) is 15.8. The Kier molecular flexibility index (Phi) is 5.17. The number of nitrogens with one attached hydrogen (secondary N) is 1. The lowest BCUT2D eigenvalue weighted by atomic mass is 9.82. The maximum atomic E-state index is 12.3. The fraction of sp³-hybridized carbons (Fsp3) is 0.625. The van der Waals surface area contributed by atoms with E-state index >= 15 is 0 Å². The Balaban J connectivity index is 1.98. The minimum absolute atomic E-state index is 0.0496. The summed E-state index contributed by atoms with van der Waals surface area (Å²) in [6, 6.07) is 3.75. The molecule has 1 aliphatic rings. The molecule has 116 valence electrons. The maximum absolute atomic E-state index is 12.3. The topological polar surface area (TPSA) is 77.2 Å². The van der Waals surface area contributed by atoms with Crippen molar-refractivity contribution >= 4 is 5.91 Å². The largest absolute Gasteiger partial charge is 0.475 e. The van der Waals surface area contributed by atoms with Crippen LogP contribution in [0.15, 0.2) is 18.3 Å². The van der Waals surface area contributed by atoms with Gasteiger partial charge in [-0.1, -0.05) is 25.3 Å². The number of rotatable bonds is 5. The summed E-state index contributed by atoms with van der Waals surface area (Å²) in [5.74, 6) is 0.504. The van der Waals surface area contributed by atoms with Crippen molar-refractivity contribution in [2.24, 2.45) is 5.73 Å². The van der Waals surface area contributed by atoms with Gasteiger partial charge in [-0.05, 0) is 32.8 Å². The van der Waals surface area contributed by atoms with E-state index in [0.29, 0.717) is 12.4 Å². The zero-order chi connectivity index (χ0) is 15.3. The number of aromatic nitrogens is 1. The molecule has 21 heavy (non-hydrogen) atoms. The van der Waals surface area contributed by atoms with Gasteiger partial charge in [-0.25, -0.2) is 4.98 Å². The number of carbonyl (C=O) groups excluding carboxylic acids is 1. The Bertz CT molecular complexity index is 482. The Morgan fingerprint density at radius 3 is 2.81 bits per heavy atom. The van der Waals surface area contributed by atoms with Gasteiger partial charge in [0.2, 0.25) is 11.8 Å². The Morgan fingerprint density at radius 1 is 1.43 bits per heavy atom. The molecule has 2 rings (SSSR count). The number of amides is 1. The van der Waals surface area contributed by atoms with Crippen LogP contribution in [0.3, 0.4) is 0 Å². The molecule has 0 spiro atoms. The molecule has 0 radical (unpaired) electrons. The highest BCUT2D eigenvalue weighted by Crippen LogP contribution is 2.26. The zero-order valence-corrected chi connectivity index (χ0v) is 12.9. The first-order valence-corrected chi connectivity index (χ1v) is 7.69. The average Bonchev–Trinajstić information content (AvgIpc) is 2.46. The lowest BCUT2D eigenvalue weighted by molar-refractivity contribution is -0.127. The third-order valence-corrected chi connectivity index (χ3v) is 3.83. The molecule has 1 aliphatic carbocycles. The van der Waals surface area contributed by atoms with Gasteiger partial charge in [-0.3, -0.25) is 4.79 Å². The van der Waals surface area contributed by atoms with Crippen molar-refractivity contribution in [3.63, 3.8) is 0 Å². The Morgan fingerprint density at radius 2 is 2.14 bits per heavy atom. The van der Waals surface area contributed by atoms with Gasteiger partial charge in [0.05, 0.1) is 11.6 Å². The second-order valence-corrected chi connectivity index (χ2v) is 6.03. The van der Waals surface area contributed by atoms with Crippen LogP contribution in [-0.2, 0) is 11.3 Å². The molecule has 0 saturated heterocycles. The van der Waals surface area contributed by atoms with Crippen LogP contribution in [0.4, 0.5) is 0 Å². The van der Waals surface area contributed by atoms with E-state index in [9.17, 15) is 4.79 Å². The van der Waals surface area contributed by atoms with Gasteiger partial charge in [0.15, 0.2) is 0 Å². The highest BCUT2D eigenvalue weighted by molar-refractivity contribution is 5.86. The molecule has 3 N–H and O–H groups in total. The second-order valence-electron chi connectivity index (χ2n) is 6.03. The number of hydrogen-bond donors (Lipinski definition) is 2. The van der Waals surface area contributed by atoms with Crippen LogP contribution in [0.1, 0.15) is 51.5 Å². The van der Waals surface area contributed by atoms with Crippen LogP contribution in [0, 0.1) is 0 Å². The van der Waals surface area contributed by atoms with Crippen LogP contribution in [0.5, 0.6) is 5.88 Å². The van der Waals surface area contributed by atoms with Crippen molar-refractivity contribution in [2.45, 2.75) is 64.1 Å². The summed E-state index contributed by atoms with van der Waals surface area (Å²) >= 11 is 0. The van der Waals surface area contributed by atoms with Crippen molar-refractivity contribution in [1.29, 1.82) is 0 Å². The molecule has 1 aromatic heterocycles. The molecule has 0 aromatic carbocycles. The van der Waals surface area contributed by atoms with Gasteiger partial charge in [-0.15, -0.1) is 0 Å². The van der Waals surface area contributed by atoms with Crippen molar-refractivity contribution in [3.8, 4) is 5.88 Å². The number of hydrogen-bond acceptors (Lipinski definition) is 4. The molecule has 0 atom stereocenters. The summed E-state index contributed by atoms with van der Waals surface area (Å²) in [4.78, 5) is 16.6.